The Balaban J connectivity index is 1.79. The lowest BCUT2D eigenvalue weighted by Gasteiger charge is -2.18. The Morgan fingerprint density at radius 1 is 1.11 bits per heavy atom. The molecule has 1 aliphatic heterocycles. The Bertz CT molecular complexity index is 524. The normalized spacial score (nSPS) is 18.0. The lowest BCUT2D eigenvalue weighted by molar-refractivity contribution is 0.279. The summed E-state index contributed by atoms with van der Waals surface area (Å²) < 4.78 is 1.32. The molecule has 0 saturated carbocycles. The molecule has 1 fully saturated rings. The van der Waals surface area contributed by atoms with Gasteiger partial charge in [0.1, 0.15) is 0 Å². The highest BCUT2D eigenvalue weighted by atomic mass is 32.1. The van der Waals surface area contributed by atoms with E-state index in [-0.39, 0.29) is 0 Å². The van der Waals surface area contributed by atoms with Gasteiger partial charge in [0.2, 0.25) is 0 Å². The van der Waals surface area contributed by atoms with Gasteiger partial charge in [-0.15, -0.1) is 11.3 Å². The number of nitrogens with zero attached hydrogens (tertiary/aromatic N) is 1. The highest BCUT2D eigenvalue weighted by molar-refractivity contribution is 7.19. The quantitative estimate of drug-likeness (QED) is 0.831. The Kier molecular flexibility index (Phi) is 3.52. The Hall–Kier alpha value is -1.06. The first-order valence-corrected chi connectivity index (χ1v) is 7.64. The zero-order valence-electron chi connectivity index (χ0n) is 10.7. The van der Waals surface area contributed by atoms with Gasteiger partial charge in [0.05, 0.1) is 0 Å². The van der Waals surface area contributed by atoms with Crippen LogP contribution in [0.4, 0.5) is 5.69 Å². The number of likely N-dealkylation sites (tertiary alicyclic amines) is 1. The van der Waals surface area contributed by atoms with E-state index in [9.17, 15) is 0 Å². The maximum absolute atomic E-state index is 6.02. The second-order valence-electron chi connectivity index (χ2n) is 5.16. The molecule has 0 atom stereocenters. The lowest BCUT2D eigenvalue weighted by Crippen LogP contribution is -2.23. The maximum Gasteiger partial charge on any atom is 0.0402 e. The van der Waals surface area contributed by atoms with E-state index >= 15 is 0 Å². The fourth-order valence-corrected chi connectivity index (χ4v) is 3.87. The van der Waals surface area contributed by atoms with Crippen LogP contribution < -0.4 is 5.73 Å². The lowest BCUT2D eigenvalue weighted by atomic mass is 10.2. The summed E-state index contributed by atoms with van der Waals surface area (Å²) in [6, 6.07) is 8.48. The number of fused-ring (bicyclic) bond motifs is 1. The van der Waals surface area contributed by atoms with Crippen LogP contribution in [-0.2, 0) is 6.54 Å². The zero-order chi connectivity index (χ0) is 12.4. The summed E-state index contributed by atoms with van der Waals surface area (Å²) >= 11 is 1.89. The number of nitrogens with two attached hydrogens (primary N) is 1. The summed E-state index contributed by atoms with van der Waals surface area (Å²) in [5, 5.41) is 1.23. The number of hydrogen-bond donors (Lipinski definition) is 1. The van der Waals surface area contributed by atoms with E-state index in [1.165, 1.54) is 53.7 Å². The minimum atomic E-state index is 0.908. The molecular weight excluding hydrogens is 240 g/mol. The second kappa shape index (κ2) is 5.29. The summed E-state index contributed by atoms with van der Waals surface area (Å²) in [5.74, 6) is 0. The minimum absolute atomic E-state index is 0.908. The first kappa shape index (κ1) is 12.0. The van der Waals surface area contributed by atoms with E-state index in [0.29, 0.717) is 0 Å². The van der Waals surface area contributed by atoms with Crippen molar-refractivity contribution < 1.29 is 0 Å². The van der Waals surface area contributed by atoms with Crippen LogP contribution in [0.5, 0.6) is 0 Å². The van der Waals surface area contributed by atoms with Gasteiger partial charge in [-0.05, 0) is 44.1 Å². The molecule has 2 nitrogen and oxygen atoms in total. The van der Waals surface area contributed by atoms with Crippen LogP contribution >= 0.6 is 11.3 Å². The standard InChI is InChI=1S/C15H20N2S/c16-14-6-5-7-15-13(14)10-12(18-15)11-17-8-3-1-2-4-9-17/h5-7,10H,1-4,8-9,11,16H2. The molecule has 1 aliphatic rings. The average Bonchev–Trinajstić information content (AvgIpc) is 2.60. The highest BCUT2D eigenvalue weighted by Gasteiger charge is 2.11. The van der Waals surface area contributed by atoms with Crippen molar-refractivity contribution in [3.8, 4) is 0 Å². The molecule has 1 aromatic carbocycles. The second-order valence-corrected chi connectivity index (χ2v) is 6.33. The van der Waals surface area contributed by atoms with E-state index in [1.807, 2.05) is 23.5 Å². The van der Waals surface area contributed by atoms with E-state index < -0.39 is 0 Å². The van der Waals surface area contributed by atoms with Crippen molar-refractivity contribution in [2.45, 2.75) is 32.2 Å². The van der Waals surface area contributed by atoms with Gasteiger partial charge >= 0.3 is 0 Å². The smallest absolute Gasteiger partial charge is 0.0402 e. The molecule has 1 saturated heterocycles. The topological polar surface area (TPSA) is 29.3 Å². The van der Waals surface area contributed by atoms with Gasteiger partial charge in [-0.1, -0.05) is 18.9 Å². The van der Waals surface area contributed by atoms with Crippen molar-refractivity contribution in [3.05, 3.63) is 29.1 Å². The largest absolute Gasteiger partial charge is 0.398 e. The molecule has 3 heteroatoms. The van der Waals surface area contributed by atoms with Crippen LogP contribution in [0.3, 0.4) is 0 Å². The molecule has 0 radical (unpaired) electrons. The van der Waals surface area contributed by atoms with Crippen molar-refractivity contribution in [2.24, 2.45) is 0 Å². The van der Waals surface area contributed by atoms with E-state index in [2.05, 4.69) is 17.0 Å². The van der Waals surface area contributed by atoms with Crippen molar-refractivity contribution in [1.29, 1.82) is 0 Å². The molecule has 2 heterocycles. The predicted octanol–water partition coefficient (Wildman–Crippen LogP) is 3.86. The third-order valence-electron chi connectivity index (χ3n) is 3.72. The number of nitrogen functional groups attached to an aromatic ring is 1. The first-order chi connectivity index (χ1) is 8.83. The van der Waals surface area contributed by atoms with Crippen molar-refractivity contribution in [1.82, 2.24) is 4.90 Å². The summed E-state index contributed by atoms with van der Waals surface area (Å²) in [6.07, 6.45) is 5.51. The van der Waals surface area contributed by atoms with Gasteiger partial charge in [0.15, 0.2) is 0 Å². The molecule has 18 heavy (non-hydrogen) atoms. The van der Waals surface area contributed by atoms with Gasteiger partial charge in [-0.3, -0.25) is 4.90 Å². The molecule has 2 N–H and O–H groups in total. The number of hydrogen-bond acceptors (Lipinski definition) is 3. The maximum atomic E-state index is 6.02. The number of rotatable bonds is 2. The van der Waals surface area contributed by atoms with Gasteiger partial charge in [-0.25, -0.2) is 0 Å². The molecule has 3 rings (SSSR count). The van der Waals surface area contributed by atoms with Gasteiger partial charge < -0.3 is 5.73 Å². The van der Waals surface area contributed by atoms with Crippen molar-refractivity contribution in [3.63, 3.8) is 0 Å². The van der Waals surface area contributed by atoms with Crippen molar-refractivity contribution >= 4 is 27.1 Å². The SMILES string of the molecule is Nc1cccc2sc(CN3CCCCCC3)cc12. The van der Waals surface area contributed by atoms with Gasteiger partial charge in [0.25, 0.3) is 0 Å². The van der Waals surface area contributed by atoms with E-state index in [0.717, 1.165) is 12.2 Å². The average molecular weight is 260 g/mol. The van der Waals surface area contributed by atoms with Gasteiger partial charge in [0, 0.05) is 27.2 Å². The van der Waals surface area contributed by atoms with Crippen LogP contribution in [0.2, 0.25) is 0 Å². The van der Waals surface area contributed by atoms with Crippen molar-refractivity contribution in [2.75, 3.05) is 18.8 Å². The monoisotopic (exact) mass is 260 g/mol. The van der Waals surface area contributed by atoms with E-state index in [4.69, 9.17) is 5.73 Å². The number of thiophene rings is 1. The molecule has 2 aromatic rings. The minimum Gasteiger partial charge on any atom is -0.398 e. The molecule has 0 amide bonds. The fourth-order valence-electron chi connectivity index (χ4n) is 2.73. The van der Waals surface area contributed by atoms with Crippen LogP contribution in [0.15, 0.2) is 24.3 Å². The third kappa shape index (κ3) is 2.52. The highest BCUT2D eigenvalue weighted by Crippen LogP contribution is 2.30. The first-order valence-electron chi connectivity index (χ1n) is 6.82. The van der Waals surface area contributed by atoms with Crippen LogP contribution in [0.25, 0.3) is 10.1 Å². The Morgan fingerprint density at radius 3 is 2.61 bits per heavy atom. The fraction of sp³-hybridized carbons (Fsp3) is 0.467. The summed E-state index contributed by atoms with van der Waals surface area (Å²) in [5.41, 5.74) is 6.93. The van der Waals surface area contributed by atoms with Crippen LogP contribution in [0, 0.1) is 0 Å². The Morgan fingerprint density at radius 2 is 1.89 bits per heavy atom. The molecule has 1 aromatic heterocycles. The van der Waals surface area contributed by atoms with Gasteiger partial charge in [-0.2, -0.15) is 0 Å². The summed E-state index contributed by atoms with van der Waals surface area (Å²) in [6.45, 7) is 3.60. The van der Waals surface area contributed by atoms with E-state index in [1.54, 1.807) is 0 Å². The molecule has 0 spiro atoms. The summed E-state index contributed by atoms with van der Waals surface area (Å²) in [4.78, 5) is 4.04. The molecule has 96 valence electrons. The van der Waals surface area contributed by atoms with Crippen LogP contribution in [0.1, 0.15) is 30.6 Å². The van der Waals surface area contributed by atoms with Crippen LogP contribution in [-0.4, -0.2) is 18.0 Å². The molecule has 0 unspecified atom stereocenters. The third-order valence-corrected chi connectivity index (χ3v) is 4.81. The number of benzene rings is 1. The number of anilines is 1. The molecule has 0 bridgehead atoms. The zero-order valence-corrected chi connectivity index (χ0v) is 11.5. The summed E-state index contributed by atoms with van der Waals surface area (Å²) in [7, 11) is 0. The predicted molar refractivity (Wildman–Crippen MR) is 80.0 cm³/mol. The molecule has 0 aliphatic carbocycles. The molecular formula is C15H20N2S. The Labute approximate surface area is 112 Å².